The highest BCUT2D eigenvalue weighted by Gasteiger charge is 2.17. The molecule has 7 heteroatoms. The van der Waals surface area contributed by atoms with Crippen LogP contribution in [-0.4, -0.2) is 27.6 Å². The second-order valence-electron chi connectivity index (χ2n) is 3.78. The molecule has 102 valence electrons. The van der Waals surface area contributed by atoms with E-state index in [1.165, 1.54) is 12.1 Å². The van der Waals surface area contributed by atoms with Gasteiger partial charge in [-0.05, 0) is 48.0 Å². The van der Waals surface area contributed by atoms with E-state index in [2.05, 4.69) is 20.7 Å². The highest BCUT2D eigenvalue weighted by atomic mass is 79.9. The number of sulfonamides is 1. The molecule has 0 aliphatic heterocycles. The third-order valence-electron chi connectivity index (χ3n) is 2.22. The number of hydrogen-bond donors (Lipinski definition) is 2. The molecule has 0 bridgehead atoms. The maximum atomic E-state index is 12.0. The van der Waals surface area contributed by atoms with Crippen LogP contribution in [0, 0.1) is 0 Å². The molecule has 0 amide bonds. The Morgan fingerprint density at radius 1 is 1.50 bits per heavy atom. The third-order valence-corrected chi connectivity index (χ3v) is 4.43. The molecule has 1 rings (SSSR count). The standard InChI is InChI=1S/C11H17BrN2O3S/c1-3-17-11-5-4-9(6-10(11)12)18(15,16)14-8(2)7-13/h4-6,8,14H,3,7,13H2,1-2H3/t8-/m0/s1. The first-order valence-corrected chi connectivity index (χ1v) is 7.83. The molecule has 0 spiro atoms. The zero-order valence-electron chi connectivity index (χ0n) is 10.3. The van der Waals surface area contributed by atoms with Crippen LogP contribution in [0.3, 0.4) is 0 Å². The van der Waals surface area contributed by atoms with Crippen molar-refractivity contribution in [1.29, 1.82) is 0 Å². The molecule has 5 nitrogen and oxygen atoms in total. The zero-order valence-corrected chi connectivity index (χ0v) is 12.7. The summed E-state index contributed by atoms with van der Waals surface area (Å²) in [4.78, 5) is 0.179. The molecule has 0 aromatic heterocycles. The predicted octanol–water partition coefficient (Wildman–Crippen LogP) is 1.47. The molecule has 0 unspecified atom stereocenters. The van der Waals surface area contributed by atoms with E-state index in [4.69, 9.17) is 10.5 Å². The molecular formula is C11H17BrN2O3S. The maximum Gasteiger partial charge on any atom is 0.240 e. The van der Waals surface area contributed by atoms with Crippen LogP contribution in [0.25, 0.3) is 0 Å². The summed E-state index contributed by atoms with van der Waals surface area (Å²) in [6.07, 6.45) is 0. The lowest BCUT2D eigenvalue weighted by molar-refractivity contribution is 0.338. The molecule has 0 radical (unpaired) electrons. The van der Waals surface area contributed by atoms with Gasteiger partial charge < -0.3 is 10.5 Å². The van der Waals surface area contributed by atoms with Crippen molar-refractivity contribution < 1.29 is 13.2 Å². The zero-order chi connectivity index (χ0) is 13.8. The molecule has 0 fully saturated rings. The first kappa shape index (κ1) is 15.4. The Labute approximate surface area is 116 Å². The molecule has 0 saturated carbocycles. The van der Waals surface area contributed by atoms with E-state index >= 15 is 0 Å². The Hall–Kier alpha value is -0.630. The first-order chi connectivity index (χ1) is 8.40. The van der Waals surface area contributed by atoms with Crippen LogP contribution in [0.2, 0.25) is 0 Å². The van der Waals surface area contributed by atoms with Crippen molar-refractivity contribution in [2.45, 2.75) is 24.8 Å². The maximum absolute atomic E-state index is 12.0. The van der Waals surface area contributed by atoms with Gasteiger partial charge in [0.05, 0.1) is 16.0 Å². The van der Waals surface area contributed by atoms with Crippen molar-refractivity contribution >= 4 is 26.0 Å². The minimum atomic E-state index is -3.54. The quantitative estimate of drug-likeness (QED) is 0.824. The molecular weight excluding hydrogens is 320 g/mol. The number of nitrogens with two attached hydrogens (primary N) is 1. The second-order valence-corrected chi connectivity index (χ2v) is 6.35. The predicted molar refractivity (Wildman–Crippen MR) is 74.1 cm³/mol. The van der Waals surface area contributed by atoms with Crippen LogP contribution in [0.4, 0.5) is 0 Å². The normalized spacial score (nSPS) is 13.3. The fourth-order valence-corrected chi connectivity index (χ4v) is 3.23. The van der Waals surface area contributed by atoms with E-state index < -0.39 is 10.0 Å². The van der Waals surface area contributed by atoms with Crippen molar-refractivity contribution in [3.63, 3.8) is 0 Å². The van der Waals surface area contributed by atoms with E-state index in [-0.39, 0.29) is 17.5 Å². The summed E-state index contributed by atoms with van der Waals surface area (Å²) in [5.41, 5.74) is 5.39. The van der Waals surface area contributed by atoms with E-state index in [1.54, 1.807) is 13.0 Å². The molecule has 0 saturated heterocycles. The SMILES string of the molecule is CCOc1ccc(S(=O)(=O)N[C@@H](C)CN)cc1Br. The van der Waals surface area contributed by atoms with E-state index in [1.807, 2.05) is 6.92 Å². The van der Waals surface area contributed by atoms with Crippen molar-refractivity contribution in [3.8, 4) is 5.75 Å². The number of halogens is 1. The minimum absolute atomic E-state index is 0.179. The Balaban J connectivity index is 3.00. The van der Waals surface area contributed by atoms with Gasteiger partial charge in [-0.25, -0.2) is 13.1 Å². The van der Waals surface area contributed by atoms with Crippen molar-refractivity contribution in [2.24, 2.45) is 5.73 Å². The number of nitrogens with one attached hydrogen (secondary N) is 1. The van der Waals surface area contributed by atoms with Gasteiger partial charge in [-0.15, -0.1) is 0 Å². The summed E-state index contributed by atoms with van der Waals surface area (Å²) in [6.45, 7) is 4.34. The summed E-state index contributed by atoms with van der Waals surface area (Å²) < 4.78 is 32.4. The smallest absolute Gasteiger partial charge is 0.240 e. The molecule has 0 aliphatic rings. The molecule has 0 aliphatic carbocycles. The van der Waals surface area contributed by atoms with Gasteiger partial charge in [0.1, 0.15) is 5.75 Å². The number of hydrogen-bond acceptors (Lipinski definition) is 4. The van der Waals surface area contributed by atoms with Gasteiger partial charge in [-0.2, -0.15) is 0 Å². The van der Waals surface area contributed by atoms with Crippen molar-refractivity contribution in [1.82, 2.24) is 4.72 Å². The van der Waals surface area contributed by atoms with Gasteiger partial charge >= 0.3 is 0 Å². The van der Waals surface area contributed by atoms with E-state index in [0.29, 0.717) is 16.8 Å². The Morgan fingerprint density at radius 2 is 2.17 bits per heavy atom. The third kappa shape index (κ3) is 3.94. The topological polar surface area (TPSA) is 81.4 Å². The van der Waals surface area contributed by atoms with Crippen molar-refractivity contribution in [3.05, 3.63) is 22.7 Å². The van der Waals surface area contributed by atoms with Crippen LogP contribution in [0.5, 0.6) is 5.75 Å². The van der Waals surface area contributed by atoms with Gasteiger partial charge in [0.2, 0.25) is 10.0 Å². The number of ether oxygens (including phenoxy) is 1. The van der Waals surface area contributed by atoms with Crippen LogP contribution < -0.4 is 15.2 Å². The Morgan fingerprint density at radius 3 is 2.67 bits per heavy atom. The van der Waals surface area contributed by atoms with Gasteiger partial charge in [-0.1, -0.05) is 0 Å². The lowest BCUT2D eigenvalue weighted by Crippen LogP contribution is -2.37. The Kier molecular flexibility index (Phi) is 5.58. The lowest BCUT2D eigenvalue weighted by atomic mass is 10.3. The van der Waals surface area contributed by atoms with Gasteiger partial charge in [-0.3, -0.25) is 0 Å². The van der Waals surface area contributed by atoms with Gasteiger partial charge in [0, 0.05) is 12.6 Å². The van der Waals surface area contributed by atoms with E-state index in [9.17, 15) is 8.42 Å². The van der Waals surface area contributed by atoms with Gasteiger partial charge in [0.25, 0.3) is 0 Å². The second kappa shape index (κ2) is 6.51. The molecule has 18 heavy (non-hydrogen) atoms. The first-order valence-electron chi connectivity index (χ1n) is 5.55. The van der Waals surface area contributed by atoms with E-state index in [0.717, 1.165) is 0 Å². The lowest BCUT2D eigenvalue weighted by Gasteiger charge is -2.13. The summed E-state index contributed by atoms with van der Waals surface area (Å²) in [6, 6.07) is 4.33. The molecule has 1 aromatic rings. The number of rotatable bonds is 6. The summed E-state index contributed by atoms with van der Waals surface area (Å²) in [5, 5.41) is 0. The van der Waals surface area contributed by atoms with Crippen LogP contribution in [0.1, 0.15) is 13.8 Å². The average molecular weight is 337 g/mol. The summed E-state index contributed by atoms with van der Waals surface area (Å²) >= 11 is 3.28. The minimum Gasteiger partial charge on any atom is -0.493 e. The molecule has 1 atom stereocenters. The monoisotopic (exact) mass is 336 g/mol. The van der Waals surface area contributed by atoms with Crippen LogP contribution in [0.15, 0.2) is 27.6 Å². The largest absolute Gasteiger partial charge is 0.493 e. The average Bonchev–Trinajstić information content (AvgIpc) is 2.31. The fraction of sp³-hybridized carbons (Fsp3) is 0.455. The summed E-state index contributed by atoms with van der Waals surface area (Å²) in [7, 11) is -3.54. The Bertz CT molecular complexity index is 505. The van der Waals surface area contributed by atoms with Gasteiger partial charge in [0.15, 0.2) is 0 Å². The van der Waals surface area contributed by atoms with Crippen LogP contribution >= 0.6 is 15.9 Å². The summed E-state index contributed by atoms with van der Waals surface area (Å²) in [5.74, 6) is 0.614. The molecule has 1 aromatic carbocycles. The van der Waals surface area contributed by atoms with Crippen LogP contribution in [-0.2, 0) is 10.0 Å². The van der Waals surface area contributed by atoms with Crippen molar-refractivity contribution in [2.75, 3.05) is 13.2 Å². The highest BCUT2D eigenvalue weighted by molar-refractivity contribution is 9.10. The highest BCUT2D eigenvalue weighted by Crippen LogP contribution is 2.27. The molecule has 0 heterocycles. The number of benzene rings is 1. The fourth-order valence-electron chi connectivity index (χ4n) is 1.30. The molecule has 3 N–H and O–H groups in total.